The van der Waals surface area contributed by atoms with Crippen molar-refractivity contribution in [1.29, 1.82) is 0 Å². The third kappa shape index (κ3) is 2.59. The first-order chi connectivity index (χ1) is 12.9. The predicted molar refractivity (Wildman–Crippen MR) is 110 cm³/mol. The van der Waals surface area contributed by atoms with Crippen molar-refractivity contribution >= 4 is 11.6 Å². The van der Waals surface area contributed by atoms with Crippen LogP contribution in [0.1, 0.15) is 49.8 Å². The number of para-hydroxylation sites is 1. The van der Waals surface area contributed by atoms with Crippen molar-refractivity contribution in [3.63, 3.8) is 0 Å². The predicted octanol–water partition coefficient (Wildman–Crippen LogP) is 5.48. The molecule has 1 aromatic heterocycles. The van der Waals surface area contributed by atoms with Gasteiger partial charge in [-0.1, -0.05) is 36.4 Å². The van der Waals surface area contributed by atoms with Crippen LogP contribution < -0.4 is 4.90 Å². The number of benzene rings is 2. The average Bonchev–Trinajstić information content (AvgIpc) is 2.98. The van der Waals surface area contributed by atoms with Gasteiger partial charge in [-0.25, -0.2) is 0 Å². The quantitative estimate of drug-likeness (QED) is 0.608. The zero-order valence-corrected chi connectivity index (χ0v) is 16.5. The second kappa shape index (κ2) is 6.38. The number of hydrogen-bond donors (Lipinski definition) is 0. The van der Waals surface area contributed by atoms with Gasteiger partial charge in [-0.2, -0.15) is 5.10 Å². The number of nitrogens with zero attached hydrogens (tertiary/aromatic N) is 3. The molecule has 0 unspecified atom stereocenters. The van der Waals surface area contributed by atoms with E-state index >= 15 is 0 Å². The van der Waals surface area contributed by atoms with Crippen LogP contribution in [0.15, 0.2) is 48.5 Å². The van der Waals surface area contributed by atoms with Crippen LogP contribution in [0.3, 0.4) is 0 Å². The smallest absolute Gasteiger partial charge is 0.259 e. The number of amides is 1. The van der Waals surface area contributed by atoms with Gasteiger partial charge in [-0.3, -0.25) is 9.48 Å². The highest BCUT2D eigenvalue weighted by Gasteiger charge is 2.32. The third-order valence-corrected chi connectivity index (χ3v) is 5.22. The van der Waals surface area contributed by atoms with Gasteiger partial charge in [0.05, 0.1) is 5.69 Å². The van der Waals surface area contributed by atoms with E-state index in [2.05, 4.69) is 45.4 Å². The van der Waals surface area contributed by atoms with Crippen molar-refractivity contribution in [2.24, 2.45) is 0 Å². The van der Waals surface area contributed by atoms with E-state index in [1.165, 1.54) is 0 Å². The van der Waals surface area contributed by atoms with Crippen molar-refractivity contribution in [2.45, 2.75) is 46.7 Å². The lowest BCUT2D eigenvalue weighted by Gasteiger charge is -2.31. The van der Waals surface area contributed by atoms with Crippen LogP contribution in [0.2, 0.25) is 0 Å². The Balaban J connectivity index is 2.17. The Morgan fingerprint density at radius 1 is 0.815 bits per heavy atom. The summed E-state index contributed by atoms with van der Waals surface area (Å²) in [6, 6.07) is 16.3. The first-order valence-electron chi connectivity index (χ1n) is 9.53. The van der Waals surface area contributed by atoms with Gasteiger partial charge < -0.3 is 4.90 Å². The zero-order valence-electron chi connectivity index (χ0n) is 16.5. The maximum atomic E-state index is 13.6. The van der Waals surface area contributed by atoms with Gasteiger partial charge in [0.1, 0.15) is 5.69 Å². The second-order valence-corrected chi connectivity index (χ2v) is 7.68. The Kier molecular flexibility index (Phi) is 4.14. The van der Waals surface area contributed by atoms with E-state index in [0.29, 0.717) is 0 Å². The number of hydrogen-bond acceptors (Lipinski definition) is 2. The van der Waals surface area contributed by atoms with Crippen molar-refractivity contribution in [3.8, 4) is 22.4 Å². The molecule has 27 heavy (non-hydrogen) atoms. The molecule has 0 saturated carbocycles. The molecule has 2 heterocycles. The van der Waals surface area contributed by atoms with Crippen LogP contribution in [-0.2, 0) is 0 Å². The third-order valence-electron chi connectivity index (χ3n) is 5.22. The maximum Gasteiger partial charge on any atom is 0.259 e. The molecular weight excluding hydrogens is 334 g/mol. The molecule has 1 aliphatic rings. The highest BCUT2D eigenvalue weighted by atomic mass is 16.2. The molecule has 3 aromatic rings. The summed E-state index contributed by atoms with van der Waals surface area (Å²) in [6.45, 7) is 10.5. The lowest BCUT2D eigenvalue weighted by molar-refractivity contribution is 0.0981. The molecule has 0 aliphatic carbocycles. The Morgan fingerprint density at radius 2 is 1.41 bits per heavy atom. The molecule has 0 spiro atoms. The van der Waals surface area contributed by atoms with Crippen LogP contribution in [0.25, 0.3) is 22.4 Å². The van der Waals surface area contributed by atoms with E-state index in [1.807, 2.05) is 47.4 Å². The van der Waals surface area contributed by atoms with Crippen LogP contribution in [0, 0.1) is 6.92 Å². The zero-order chi connectivity index (χ0) is 19.3. The molecule has 4 rings (SSSR count). The van der Waals surface area contributed by atoms with E-state index in [9.17, 15) is 4.79 Å². The fourth-order valence-corrected chi connectivity index (χ4v) is 4.06. The van der Waals surface area contributed by atoms with Crippen molar-refractivity contribution < 1.29 is 4.79 Å². The molecule has 2 aromatic carbocycles. The minimum atomic E-state index is 0.0374. The summed E-state index contributed by atoms with van der Waals surface area (Å²) in [7, 11) is 0. The average molecular weight is 359 g/mol. The van der Waals surface area contributed by atoms with Gasteiger partial charge in [-0.05, 0) is 52.3 Å². The molecule has 1 aliphatic heterocycles. The van der Waals surface area contributed by atoms with E-state index in [0.717, 1.165) is 39.3 Å². The molecule has 4 nitrogen and oxygen atoms in total. The lowest BCUT2D eigenvalue weighted by Crippen LogP contribution is -2.38. The summed E-state index contributed by atoms with van der Waals surface area (Å²) in [6.07, 6.45) is 0. The Hall–Kier alpha value is -2.88. The Bertz CT molecular complexity index is 1030. The van der Waals surface area contributed by atoms with E-state index in [-0.39, 0.29) is 18.0 Å². The Morgan fingerprint density at radius 3 is 2.04 bits per heavy atom. The lowest BCUT2D eigenvalue weighted by atomic mass is 9.91. The van der Waals surface area contributed by atoms with Gasteiger partial charge in [-0.15, -0.1) is 0 Å². The van der Waals surface area contributed by atoms with E-state index in [1.54, 1.807) is 0 Å². The molecule has 0 saturated heterocycles. The van der Waals surface area contributed by atoms with Gasteiger partial charge in [0.25, 0.3) is 5.91 Å². The molecule has 4 heteroatoms. The molecule has 0 radical (unpaired) electrons. The maximum absolute atomic E-state index is 13.6. The summed E-state index contributed by atoms with van der Waals surface area (Å²) in [5, 5.41) is 4.99. The number of rotatable bonds is 2. The topological polar surface area (TPSA) is 38.1 Å². The summed E-state index contributed by atoms with van der Waals surface area (Å²) in [5.74, 6) is 0.0374. The molecule has 0 fully saturated rings. The van der Waals surface area contributed by atoms with Gasteiger partial charge >= 0.3 is 0 Å². The number of carbonyl (C=O) groups excluding carboxylic acids is 1. The van der Waals surface area contributed by atoms with Crippen LogP contribution >= 0.6 is 0 Å². The monoisotopic (exact) mass is 359 g/mol. The second-order valence-electron chi connectivity index (χ2n) is 7.68. The van der Waals surface area contributed by atoms with Crippen molar-refractivity contribution in [1.82, 2.24) is 9.78 Å². The Labute approximate surface area is 160 Å². The standard InChI is InChI=1S/C23H25N3O/c1-14(2)25-20-13-9-8-12-19(20)22-21(16(5)26(24-22)15(3)4)17-10-6-7-11-18(17)23(25)27/h6-15H,1-5H3. The largest absolute Gasteiger partial charge is 0.305 e. The van der Waals surface area contributed by atoms with Gasteiger partial charge in [0.2, 0.25) is 0 Å². The van der Waals surface area contributed by atoms with Crippen LogP contribution in [0.5, 0.6) is 0 Å². The molecule has 1 amide bonds. The number of aromatic nitrogens is 2. The highest BCUT2D eigenvalue weighted by molar-refractivity contribution is 6.14. The number of anilines is 1. The fourth-order valence-electron chi connectivity index (χ4n) is 4.06. The number of fused-ring (bicyclic) bond motifs is 5. The highest BCUT2D eigenvalue weighted by Crippen LogP contribution is 2.43. The SMILES string of the molecule is Cc1c2c(nn1C(C)C)-c1ccccc1N(C(C)C)C(=O)c1ccccc1-2. The summed E-state index contributed by atoms with van der Waals surface area (Å²) in [4.78, 5) is 15.4. The fraction of sp³-hybridized carbons (Fsp3) is 0.304. The molecular formula is C23H25N3O. The van der Waals surface area contributed by atoms with E-state index in [4.69, 9.17) is 5.10 Å². The molecule has 0 atom stereocenters. The summed E-state index contributed by atoms with van der Waals surface area (Å²) >= 11 is 0. The molecule has 0 N–H and O–H groups in total. The van der Waals surface area contributed by atoms with Crippen molar-refractivity contribution in [2.75, 3.05) is 4.90 Å². The minimum absolute atomic E-state index is 0.0374. The summed E-state index contributed by atoms with van der Waals surface area (Å²) in [5.41, 5.74) is 6.71. The van der Waals surface area contributed by atoms with Crippen molar-refractivity contribution in [3.05, 3.63) is 59.8 Å². The first-order valence-corrected chi connectivity index (χ1v) is 9.53. The summed E-state index contributed by atoms with van der Waals surface area (Å²) < 4.78 is 2.06. The van der Waals surface area contributed by atoms with E-state index < -0.39 is 0 Å². The van der Waals surface area contributed by atoms with Crippen LogP contribution in [0.4, 0.5) is 5.69 Å². The van der Waals surface area contributed by atoms with Gasteiger partial charge in [0, 0.05) is 34.5 Å². The van der Waals surface area contributed by atoms with Crippen LogP contribution in [-0.4, -0.2) is 21.7 Å². The first kappa shape index (κ1) is 17.5. The minimum Gasteiger partial charge on any atom is -0.305 e. The molecule has 138 valence electrons. The number of carbonyl (C=O) groups is 1. The molecule has 0 bridgehead atoms. The normalized spacial score (nSPS) is 13.3. The van der Waals surface area contributed by atoms with Gasteiger partial charge in [0.15, 0.2) is 0 Å².